The third-order valence-electron chi connectivity index (χ3n) is 6.18. The second-order valence-corrected chi connectivity index (χ2v) is 10.5. The second kappa shape index (κ2) is 4.89. The van der Waals surface area contributed by atoms with Gasteiger partial charge in [-0.25, -0.2) is 0 Å². The fourth-order valence-corrected chi connectivity index (χ4v) is 5.76. The van der Waals surface area contributed by atoms with Crippen LogP contribution in [-0.2, 0) is 4.79 Å². The predicted octanol–water partition coefficient (Wildman–Crippen LogP) is 5.00. The molecule has 0 spiro atoms. The van der Waals surface area contributed by atoms with Gasteiger partial charge in [0.25, 0.3) is 0 Å². The van der Waals surface area contributed by atoms with Crippen molar-refractivity contribution >= 4 is 29.1 Å². The molecule has 2 saturated carbocycles. The quantitative estimate of drug-likeness (QED) is 0.690. The molecule has 0 radical (unpaired) electrons. The fourth-order valence-electron chi connectivity index (χ4n) is 5.49. The van der Waals surface area contributed by atoms with Crippen LogP contribution in [-0.4, -0.2) is 23.4 Å². The minimum atomic E-state index is -0.0285. The highest BCUT2D eigenvalue weighted by molar-refractivity contribution is 6.55. The minimum absolute atomic E-state index is 0.0285. The molecule has 1 amide bonds. The van der Waals surface area contributed by atoms with Gasteiger partial charge in [0.15, 0.2) is 0 Å². The van der Waals surface area contributed by atoms with E-state index in [1.54, 1.807) is 0 Å². The summed E-state index contributed by atoms with van der Waals surface area (Å²) in [6, 6.07) is 0.411. The lowest BCUT2D eigenvalue weighted by Crippen LogP contribution is -2.39. The first kappa shape index (κ1) is 16.6. The molecule has 4 atom stereocenters. The number of fused-ring (bicyclic) bond motifs is 2. The summed E-state index contributed by atoms with van der Waals surface area (Å²) in [6.45, 7) is 12.2. The first-order valence-electron chi connectivity index (χ1n) is 8.29. The number of hydrogen-bond donors (Lipinski definition) is 0. The Balaban J connectivity index is 1.79. The van der Waals surface area contributed by atoms with Crippen LogP contribution >= 0.6 is 23.2 Å². The van der Waals surface area contributed by atoms with Gasteiger partial charge < -0.3 is 4.90 Å². The summed E-state index contributed by atoms with van der Waals surface area (Å²) in [5.41, 5.74) is 0.598. The fraction of sp³-hybridized carbons (Fsp3) is 0.833. The lowest BCUT2D eigenvalue weighted by atomic mass is 9.65. The van der Waals surface area contributed by atoms with Gasteiger partial charge in [0.1, 0.15) is 4.49 Å². The number of allylic oxidation sites excluding steroid dienone is 1. The molecule has 1 saturated heterocycles. The Morgan fingerprint density at radius 2 is 1.77 bits per heavy atom. The molecule has 0 unspecified atom stereocenters. The zero-order valence-corrected chi connectivity index (χ0v) is 15.8. The third-order valence-corrected chi connectivity index (χ3v) is 6.43. The van der Waals surface area contributed by atoms with Crippen molar-refractivity contribution in [2.75, 3.05) is 6.54 Å². The van der Waals surface area contributed by atoms with Crippen LogP contribution < -0.4 is 0 Å². The van der Waals surface area contributed by atoms with Gasteiger partial charge in [-0.2, -0.15) is 0 Å². The smallest absolute Gasteiger partial charge is 0.227 e. The van der Waals surface area contributed by atoms with E-state index in [0.717, 1.165) is 19.4 Å². The molecular weight excluding hydrogens is 317 g/mol. The van der Waals surface area contributed by atoms with E-state index in [-0.39, 0.29) is 27.2 Å². The van der Waals surface area contributed by atoms with Crippen molar-refractivity contribution in [1.82, 2.24) is 4.90 Å². The summed E-state index contributed by atoms with van der Waals surface area (Å²) < 4.78 is 0.279. The van der Waals surface area contributed by atoms with E-state index in [0.29, 0.717) is 17.4 Å². The average molecular weight is 344 g/mol. The molecule has 4 heteroatoms. The van der Waals surface area contributed by atoms with Crippen LogP contribution in [0.1, 0.15) is 53.9 Å². The number of hydrogen-bond acceptors (Lipinski definition) is 1. The van der Waals surface area contributed by atoms with Gasteiger partial charge in [0.2, 0.25) is 5.91 Å². The zero-order valence-electron chi connectivity index (χ0n) is 14.2. The molecule has 0 aromatic carbocycles. The Kier molecular flexibility index (Phi) is 3.70. The van der Waals surface area contributed by atoms with Crippen molar-refractivity contribution in [2.45, 2.75) is 59.9 Å². The van der Waals surface area contributed by atoms with Crippen molar-refractivity contribution in [3.63, 3.8) is 0 Å². The lowest BCUT2D eigenvalue weighted by Gasteiger charge is -2.39. The molecule has 0 aromatic rings. The summed E-state index contributed by atoms with van der Waals surface area (Å²) in [5, 5.41) is 0. The van der Waals surface area contributed by atoms with Crippen LogP contribution in [0.15, 0.2) is 10.6 Å². The van der Waals surface area contributed by atoms with Gasteiger partial charge in [-0.1, -0.05) is 57.8 Å². The average Bonchev–Trinajstić information content (AvgIpc) is 2.70. The predicted molar refractivity (Wildman–Crippen MR) is 91.8 cm³/mol. The number of halogens is 2. The van der Waals surface area contributed by atoms with Gasteiger partial charge in [0, 0.05) is 12.6 Å². The van der Waals surface area contributed by atoms with E-state index in [1.807, 2.05) is 6.08 Å². The largest absolute Gasteiger partial charge is 0.339 e. The van der Waals surface area contributed by atoms with E-state index in [2.05, 4.69) is 39.5 Å². The molecule has 3 rings (SSSR count). The molecule has 22 heavy (non-hydrogen) atoms. The van der Waals surface area contributed by atoms with Crippen LogP contribution in [0.25, 0.3) is 0 Å². The maximum atomic E-state index is 13.1. The van der Waals surface area contributed by atoms with Crippen molar-refractivity contribution < 1.29 is 4.79 Å². The highest BCUT2D eigenvalue weighted by Crippen LogP contribution is 2.62. The molecule has 2 bridgehead atoms. The first-order chi connectivity index (χ1) is 9.95. The summed E-state index contributed by atoms with van der Waals surface area (Å²) in [7, 11) is 0. The van der Waals surface area contributed by atoms with Crippen molar-refractivity contribution in [3.05, 3.63) is 10.6 Å². The van der Waals surface area contributed by atoms with E-state index in [9.17, 15) is 4.79 Å². The Bertz CT molecular complexity index is 535. The van der Waals surface area contributed by atoms with Crippen LogP contribution in [0.2, 0.25) is 0 Å². The molecule has 2 nitrogen and oxygen atoms in total. The van der Waals surface area contributed by atoms with Gasteiger partial charge in [0.05, 0.1) is 5.92 Å². The molecule has 3 aliphatic rings. The standard InChI is InChI=1S/C18H27Cl2NO/c1-16(2)7-11-8-18(5,9-16)10-21(11)15(22)14-12(6-13(19)20)17(14,3)4/h6,11-12,14H,7-10H2,1-5H3/t11-,12+,14-,18-/m0/s1. The topological polar surface area (TPSA) is 20.3 Å². The Labute approximate surface area is 144 Å². The monoisotopic (exact) mass is 343 g/mol. The second-order valence-electron chi connectivity index (χ2n) is 9.46. The van der Waals surface area contributed by atoms with Crippen LogP contribution in [0.5, 0.6) is 0 Å². The summed E-state index contributed by atoms with van der Waals surface area (Å²) >= 11 is 11.6. The van der Waals surface area contributed by atoms with Gasteiger partial charge >= 0.3 is 0 Å². The minimum Gasteiger partial charge on any atom is -0.339 e. The number of likely N-dealkylation sites (tertiary alicyclic amines) is 1. The van der Waals surface area contributed by atoms with E-state index in [4.69, 9.17) is 23.2 Å². The highest BCUT2D eigenvalue weighted by Gasteiger charge is 2.63. The SMILES string of the molecule is CC1(C)C[C@H]2C[C@](C)(CN2C(=O)[C@@H]2[C@@H](C=C(Cl)Cl)C2(C)C)C1. The Hall–Kier alpha value is -0.210. The highest BCUT2D eigenvalue weighted by atomic mass is 35.5. The zero-order chi connectivity index (χ0) is 16.5. The van der Waals surface area contributed by atoms with Crippen molar-refractivity contribution in [1.29, 1.82) is 0 Å². The molecular formula is C18H27Cl2NO. The molecule has 0 N–H and O–H groups in total. The molecule has 0 aromatic heterocycles. The number of amides is 1. The van der Waals surface area contributed by atoms with Crippen molar-refractivity contribution in [3.8, 4) is 0 Å². The Morgan fingerprint density at radius 3 is 2.36 bits per heavy atom. The number of nitrogens with zero attached hydrogens (tertiary/aromatic N) is 1. The van der Waals surface area contributed by atoms with Gasteiger partial charge in [-0.3, -0.25) is 4.79 Å². The van der Waals surface area contributed by atoms with Crippen LogP contribution in [0, 0.1) is 28.1 Å². The van der Waals surface area contributed by atoms with Gasteiger partial charge in [-0.05, 0) is 47.5 Å². The number of carbonyl (C=O) groups excluding carboxylic acids is 1. The lowest BCUT2D eigenvalue weighted by molar-refractivity contribution is -0.134. The van der Waals surface area contributed by atoms with Crippen LogP contribution in [0.3, 0.4) is 0 Å². The summed E-state index contributed by atoms with van der Waals surface area (Å²) in [4.78, 5) is 15.3. The maximum Gasteiger partial charge on any atom is 0.227 e. The number of rotatable bonds is 2. The van der Waals surface area contributed by atoms with E-state index >= 15 is 0 Å². The third kappa shape index (κ3) is 2.71. The molecule has 1 heterocycles. The van der Waals surface area contributed by atoms with Crippen molar-refractivity contribution in [2.24, 2.45) is 28.1 Å². The number of carbonyl (C=O) groups is 1. The van der Waals surface area contributed by atoms with E-state index < -0.39 is 0 Å². The first-order valence-corrected chi connectivity index (χ1v) is 9.04. The maximum absolute atomic E-state index is 13.1. The Morgan fingerprint density at radius 1 is 1.14 bits per heavy atom. The normalized spacial score (nSPS) is 41.2. The summed E-state index contributed by atoms with van der Waals surface area (Å²) in [5.74, 6) is 0.518. The summed E-state index contributed by atoms with van der Waals surface area (Å²) in [6.07, 6.45) is 5.34. The van der Waals surface area contributed by atoms with Gasteiger partial charge in [-0.15, -0.1) is 0 Å². The molecule has 1 aliphatic heterocycles. The molecule has 124 valence electrons. The van der Waals surface area contributed by atoms with Crippen LogP contribution in [0.4, 0.5) is 0 Å². The molecule has 3 fully saturated rings. The molecule has 2 aliphatic carbocycles. The van der Waals surface area contributed by atoms with E-state index in [1.165, 1.54) is 6.42 Å².